The van der Waals surface area contributed by atoms with Crippen molar-refractivity contribution in [2.75, 3.05) is 0 Å². The standard InChI is InChI=1S/Cr.H2O2.H2O/c;1-2;/h;1-2H;1H2. The largest absolute Gasteiger partial charge is 0.412 e. The van der Waals surface area contributed by atoms with Crippen molar-refractivity contribution in [1.82, 2.24) is 0 Å². The molecular weight excluding hydrogens is 100.0 g/mol. The fraction of sp³-hybridized carbons (Fsp3) is 0. The summed E-state index contributed by atoms with van der Waals surface area (Å²) in [6.07, 6.45) is 0. The fourth-order valence-corrected chi connectivity index (χ4v) is 0. The van der Waals surface area contributed by atoms with Gasteiger partial charge in [-0.25, -0.2) is 0 Å². The van der Waals surface area contributed by atoms with Crippen LogP contribution in [0.4, 0.5) is 0 Å². The van der Waals surface area contributed by atoms with E-state index in [-0.39, 0.29) is 22.8 Å². The third kappa shape index (κ3) is 28.3. The van der Waals surface area contributed by atoms with Gasteiger partial charge in [0.05, 0.1) is 0 Å². The van der Waals surface area contributed by atoms with Crippen LogP contribution in [-0.2, 0) is 17.4 Å². The van der Waals surface area contributed by atoms with Gasteiger partial charge in [0.1, 0.15) is 0 Å². The van der Waals surface area contributed by atoms with E-state index in [9.17, 15) is 0 Å². The molecular formula is H4CrO3. The molecule has 0 rings (SSSR count). The summed E-state index contributed by atoms with van der Waals surface area (Å²) in [5.41, 5.74) is 0. The van der Waals surface area contributed by atoms with Gasteiger partial charge in [-0.2, -0.15) is 0 Å². The van der Waals surface area contributed by atoms with Crippen molar-refractivity contribution in [2.45, 2.75) is 0 Å². The van der Waals surface area contributed by atoms with Crippen LogP contribution in [0.2, 0.25) is 0 Å². The Morgan fingerprint density at radius 3 is 1.00 bits per heavy atom. The van der Waals surface area contributed by atoms with Crippen molar-refractivity contribution < 1.29 is 33.4 Å². The van der Waals surface area contributed by atoms with Gasteiger partial charge >= 0.3 is 0 Å². The van der Waals surface area contributed by atoms with Crippen molar-refractivity contribution in [3.63, 3.8) is 0 Å². The molecule has 0 atom stereocenters. The van der Waals surface area contributed by atoms with Crippen LogP contribution in [0.3, 0.4) is 0 Å². The molecule has 0 aliphatic heterocycles. The minimum absolute atomic E-state index is 0. The maximum atomic E-state index is 6.00. The van der Waals surface area contributed by atoms with E-state index in [0.717, 1.165) is 0 Å². The normalized spacial score (nSPS) is 1.50. The Balaban J connectivity index is -0.00000000500. The molecule has 0 amide bonds. The summed E-state index contributed by atoms with van der Waals surface area (Å²) in [7, 11) is 0. The molecule has 0 bridgehead atoms. The van der Waals surface area contributed by atoms with Gasteiger partial charge in [-0.1, -0.05) is 0 Å². The molecule has 4 heavy (non-hydrogen) atoms. The van der Waals surface area contributed by atoms with E-state index in [4.69, 9.17) is 10.5 Å². The predicted molar refractivity (Wildman–Crippen MR) is 8.87 cm³/mol. The van der Waals surface area contributed by atoms with Crippen molar-refractivity contribution in [3.8, 4) is 0 Å². The van der Waals surface area contributed by atoms with Gasteiger partial charge in [-0.15, -0.1) is 0 Å². The molecule has 0 spiro atoms. The molecule has 4 N–H and O–H groups in total. The Hall–Kier alpha value is 0.412. The minimum atomic E-state index is 0. The average Bonchev–Trinajstić information content (AvgIpc) is 1.00. The smallest absolute Gasteiger partial charge is 0 e. The molecule has 0 heterocycles. The van der Waals surface area contributed by atoms with E-state index < -0.39 is 0 Å². The number of rotatable bonds is 0. The summed E-state index contributed by atoms with van der Waals surface area (Å²) in [6, 6.07) is 0. The Kier molecular flexibility index (Phi) is 752. The molecule has 0 aliphatic carbocycles. The topological polar surface area (TPSA) is 72.0 Å². The monoisotopic (exact) mass is 104 g/mol. The predicted octanol–water partition coefficient (Wildman–Crippen LogP) is -0.810. The van der Waals surface area contributed by atoms with Crippen LogP contribution in [-0.4, -0.2) is 16.0 Å². The van der Waals surface area contributed by atoms with Crippen LogP contribution >= 0.6 is 0 Å². The van der Waals surface area contributed by atoms with E-state index in [1.165, 1.54) is 0 Å². The third-order valence-corrected chi connectivity index (χ3v) is 0. The summed E-state index contributed by atoms with van der Waals surface area (Å²) in [5, 5.41) is 12.0. The molecule has 0 aromatic carbocycles. The Bertz CT molecular complexity index is 3.25. The average molecular weight is 104 g/mol. The second-order valence-corrected chi connectivity index (χ2v) is 0. The molecule has 0 aliphatic rings. The minimum Gasteiger partial charge on any atom is -0.412 e. The fourth-order valence-electron chi connectivity index (χ4n) is 0. The molecule has 0 fully saturated rings. The summed E-state index contributed by atoms with van der Waals surface area (Å²) in [4.78, 5) is 0. The van der Waals surface area contributed by atoms with E-state index in [0.29, 0.717) is 0 Å². The maximum Gasteiger partial charge on any atom is 0 e. The Morgan fingerprint density at radius 1 is 1.00 bits per heavy atom. The van der Waals surface area contributed by atoms with Crippen LogP contribution in [0.1, 0.15) is 0 Å². The quantitative estimate of drug-likeness (QED) is 0.311. The molecule has 0 radical (unpaired) electrons. The van der Waals surface area contributed by atoms with Crippen molar-refractivity contribution in [1.29, 1.82) is 0 Å². The van der Waals surface area contributed by atoms with E-state index >= 15 is 0 Å². The summed E-state index contributed by atoms with van der Waals surface area (Å²) in [6.45, 7) is 0. The van der Waals surface area contributed by atoms with Gasteiger partial charge in [-0.3, -0.25) is 10.5 Å². The second kappa shape index (κ2) is 117. The van der Waals surface area contributed by atoms with E-state index in [2.05, 4.69) is 0 Å². The molecule has 28 valence electrons. The first-order valence-electron chi connectivity index (χ1n) is 0.200. The van der Waals surface area contributed by atoms with Gasteiger partial charge < -0.3 is 5.48 Å². The molecule has 4 heteroatoms. The van der Waals surface area contributed by atoms with Crippen LogP contribution in [0, 0.1) is 0 Å². The van der Waals surface area contributed by atoms with Crippen LogP contribution < -0.4 is 0 Å². The van der Waals surface area contributed by atoms with Crippen molar-refractivity contribution in [3.05, 3.63) is 0 Å². The maximum absolute atomic E-state index is 6.00. The van der Waals surface area contributed by atoms with Crippen LogP contribution in [0.5, 0.6) is 0 Å². The zero-order valence-electron chi connectivity index (χ0n) is 1.80. The first-order chi connectivity index (χ1) is 1.00. The van der Waals surface area contributed by atoms with E-state index in [1.807, 2.05) is 0 Å². The van der Waals surface area contributed by atoms with Gasteiger partial charge in [0.2, 0.25) is 0 Å². The molecule has 0 aromatic heterocycles. The zero-order valence-corrected chi connectivity index (χ0v) is 3.08. The van der Waals surface area contributed by atoms with E-state index in [1.54, 1.807) is 0 Å². The van der Waals surface area contributed by atoms with Gasteiger partial charge in [-0.05, 0) is 0 Å². The molecule has 3 nitrogen and oxygen atoms in total. The zero-order chi connectivity index (χ0) is 2.00. The molecule has 0 saturated heterocycles. The third-order valence-electron chi connectivity index (χ3n) is 0. The Morgan fingerprint density at radius 2 is 1.00 bits per heavy atom. The summed E-state index contributed by atoms with van der Waals surface area (Å²) < 4.78 is 0. The molecule has 0 saturated carbocycles. The van der Waals surface area contributed by atoms with Crippen molar-refractivity contribution in [2.24, 2.45) is 0 Å². The second-order valence-electron chi connectivity index (χ2n) is 0. The van der Waals surface area contributed by atoms with Gasteiger partial charge in [0.25, 0.3) is 0 Å². The molecule has 0 aromatic rings. The first kappa shape index (κ1) is 25.8. The van der Waals surface area contributed by atoms with Crippen LogP contribution in [0.25, 0.3) is 0 Å². The molecule has 0 unspecified atom stereocenters. The van der Waals surface area contributed by atoms with Gasteiger partial charge in [0.15, 0.2) is 0 Å². The first-order valence-corrected chi connectivity index (χ1v) is 0.200. The summed E-state index contributed by atoms with van der Waals surface area (Å²) >= 11 is 0. The number of hydrogen-bond donors (Lipinski definition) is 2. The van der Waals surface area contributed by atoms with Crippen molar-refractivity contribution >= 4 is 0 Å². The van der Waals surface area contributed by atoms with Crippen LogP contribution in [0.15, 0.2) is 0 Å². The summed E-state index contributed by atoms with van der Waals surface area (Å²) in [5.74, 6) is 0. The Labute approximate surface area is 34.2 Å². The SMILES string of the molecule is O.OO.[Cr]. The van der Waals surface area contributed by atoms with Gasteiger partial charge in [0, 0.05) is 17.4 Å². The number of hydrogen-bond acceptors (Lipinski definition) is 2.